The summed E-state index contributed by atoms with van der Waals surface area (Å²) >= 11 is 0. The molecule has 0 radical (unpaired) electrons. The molecule has 0 N–H and O–H groups in total. The van der Waals surface area contributed by atoms with Crippen LogP contribution in [0.3, 0.4) is 0 Å². The third-order valence-electron chi connectivity index (χ3n) is 3.12. The minimum absolute atomic E-state index is 0.370. The van der Waals surface area contributed by atoms with Gasteiger partial charge in [0.15, 0.2) is 0 Å². The highest BCUT2D eigenvalue weighted by Gasteiger charge is 2.29. The average molecular weight is 195 g/mol. The number of rotatable bonds is 4. The van der Waals surface area contributed by atoms with Gasteiger partial charge in [0, 0.05) is 44.8 Å². The van der Waals surface area contributed by atoms with Gasteiger partial charge < -0.3 is 4.90 Å². The van der Waals surface area contributed by atoms with Crippen LogP contribution in [0.4, 0.5) is 0 Å². The first kappa shape index (κ1) is 9.84. The van der Waals surface area contributed by atoms with E-state index < -0.39 is 0 Å². The van der Waals surface area contributed by atoms with E-state index in [1.54, 1.807) is 0 Å². The van der Waals surface area contributed by atoms with Gasteiger partial charge in [-0.25, -0.2) is 0 Å². The molecule has 3 nitrogen and oxygen atoms in total. The SMILES string of the molecule is O=C1CCN(CCC(=O)C2CC2)CC1. The maximum Gasteiger partial charge on any atom is 0.137 e. The molecule has 2 aliphatic rings. The van der Waals surface area contributed by atoms with Crippen molar-refractivity contribution in [3.63, 3.8) is 0 Å². The number of likely N-dealkylation sites (tertiary alicyclic amines) is 1. The molecule has 1 aliphatic carbocycles. The molecule has 1 saturated heterocycles. The number of hydrogen-bond acceptors (Lipinski definition) is 3. The van der Waals surface area contributed by atoms with Crippen LogP contribution < -0.4 is 0 Å². The third-order valence-corrected chi connectivity index (χ3v) is 3.12. The minimum atomic E-state index is 0.370. The standard InChI is InChI=1S/C11H17NO2/c13-10-3-6-12(7-4-10)8-5-11(14)9-1-2-9/h9H,1-8H2. The lowest BCUT2D eigenvalue weighted by atomic mass is 10.1. The lowest BCUT2D eigenvalue weighted by Gasteiger charge is -2.25. The summed E-state index contributed by atoms with van der Waals surface area (Å²) in [6.45, 7) is 2.58. The Bertz CT molecular complexity index is 236. The van der Waals surface area contributed by atoms with Crippen LogP contribution in [0.5, 0.6) is 0 Å². The molecule has 0 aromatic rings. The zero-order chi connectivity index (χ0) is 9.97. The maximum absolute atomic E-state index is 11.4. The van der Waals surface area contributed by atoms with Gasteiger partial charge in [0.25, 0.3) is 0 Å². The first-order chi connectivity index (χ1) is 6.75. The number of ketones is 2. The monoisotopic (exact) mass is 195 g/mol. The van der Waals surface area contributed by atoms with Gasteiger partial charge in [-0.1, -0.05) is 0 Å². The lowest BCUT2D eigenvalue weighted by Crippen LogP contribution is -2.35. The van der Waals surface area contributed by atoms with E-state index >= 15 is 0 Å². The largest absolute Gasteiger partial charge is 0.302 e. The quantitative estimate of drug-likeness (QED) is 0.672. The van der Waals surface area contributed by atoms with E-state index in [1.807, 2.05) is 0 Å². The fraction of sp³-hybridized carbons (Fsp3) is 0.818. The summed E-state index contributed by atoms with van der Waals surface area (Å²) in [6.07, 6.45) is 4.27. The molecule has 14 heavy (non-hydrogen) atoms. The van der Waals surface area contributed by atoms with Gasteiger partial charge in [0.1, 0.15) is 11.6 Å². The van der Waals surface area contributed by atoms with Crippen LogP contribution in [-0.4, -0.2) is 36.1 Å². The number of hydrogen-bond donors (Lipinski definition) is 0. The summed E-state index contributed by atoms with van der Waals surface area (Å²) in [5, 5.41) is 0. The molecule has 0 spiro atoms. The molecular weight excluding hydrogens is 178 g/mol. The van der Waals surface area contributed by atoms with Crippen molar-refractivity contribution in [1.29, 1.82) is 0 Å². The second kappa shape index (κ2) is 4.22. The summed E-state index contributed by atoms with van der Waals surface area (Å²) in [5.74, 6) is 1.19. The van der Waals surface area contributed by atoms with Crippen LogP contribution in [0.25, 0.3) is 0 Å². The molecular formula is C11H17NO2. The van der Waals surface area contributed by atoms with E-state index in [1.165, 1.54) is 0 Å². The van der Waals surface area contributed by atoms with Crippen LogP contribution in [0, 0.1) is 5.92 Å². The fourth-order valence-corrected chi connectivity index (χ4v) is 1.90. The normalized spacial score (nSPS) is 23.9. The van der Waals surface area contributed by atoms with Gasteiger partial charge in [-0.05, 0) is 12.8 Å². The van der Waals surface area contributed by atoms with Crippen molar-refractivity contribution in [1.82, 2.24) is 4.90 Å². The van der Waals surface area contributed by atoms with Crippen LogP contribution in [0.15, 0.2) is 0 Å². The number of carbonyl (C=O) groups excluding carboxylic acids is 2. The first-order valence-electron chi connectivity index (χ1n) is 5.52. The molecule has 78 valence electrons. The van der Waals surface area contributed by atoms with E-state index in [9.17, 15) is 9.59 Å². The van der Waals surface area contributed by atoms with E-state index in [2.05, 4.69) is 4.90 Å². The first-order valence-corrected chi connectivity index (χ1v) is 5.52. The molecule has 0 bridgehead atoms. The van der Waals surface area contributed by atoms with Crippen molar-refractivity contribution in [2.24, 2.45) is 5.92 Å². The van der Waals surface area contributed by atoms with Crippen LogP contribution in [0.1, 0.15) is 32.1 Å². The number of piperidine rings is 1. The minimum Gasteiger partial charge on any atom is -0.302 e. The van der Waals surface area contributed by atoms with Crippen molar-refractivity contribution in [2.75, 3.05) is 19.6 Å². The van der Waals surface area contributed by atoms with E-state index in [-0.39, 0.29) is 0 Å². The van der Waals surface area contributed by atoms with Crippen molar-refractivity contribution in [2.45, 2.75) is 32.1 Å². The van der Waals surface area contributed by atoms with Gasteiger partial charge in [0.2, 0.25) is 0 Å². The Kier molecular flexibility index (Phi) is 2.96. The molecule has 0 atom stereocenters. The van der Waals surface area contributed by atoms with Gasteiger partial charge in [-0.3, -0.25) is 9.59 Å². The second-order valence-electron chi connectivity index (χ2n) is 4.37. The van der Waals surface area contributed by atoms with Crippen molar-refractivity contribution in [3.05, 3.63) is 0 Å². The average Bonchev–Trinajstić information content (AvgIpc) is 3.00. The summed E-state index contributed by atoms with van der Waals surface area (Å²) < 4.78 is 0. The Morgan fingerprint density at radius 1 is 1.29 bits per heavy atom. The van der Waals surface area contributed by atoms with E-state index in [4.69, 9.17) is 0 Å². The molecule has 3 heteroatoms. The molecule has 0 aromatic heterocycles. The van der Waals surface area contributed by atoms with Crippen molar-refractivity contribution in [3.8, 4) is 0 Å². The molecule has 2 fully saturated rings. The van der Waals surface area contributed by atoms with Crippen LogP contribution in [0.2, 0.25) is 0 Å². The fourth-order valence-electron chi connectivity index (χ4n) is 1.90. The zero-order valence-electron chi connectivity index (χ0n) is 8.50. The Labute approximate surface area is 84.5 Å². The summed E-state index contributed by atoms with van der Waals surface area (Å²) in [7, 11) is 0. The highest BCUT2D eigenvalue weighted by molar-refractivity contribution is 5.83. The predicted octanol–water partition coefficient (Wildman–Crippen LogP) is 1.02. The molecule has 0 unspecified atom stereocenters. The van der Waals surface area contributed by atoms with Gasteiger partial charge in [0.05, 0.1) is 0 Å². The molecule has 0 aromatic carbocycles. The number of Topliss-reactive ketones (excluding diaryl/α,β-unsaturated/α-hetero) is 2. The van der Waals surface area contributed by atoms with E-state index in [0.717, 1.165) is 32.5 Å². The highest BCUT2D eigenvalue weighted by Crippen LogP contribution is 2.30. The maximum atomic E-state index is 11.4. The molecule has 2 rings (SSSR count). The summed E-state index contributed by atoms with van der Waals surface area (Å²) in [4.78, 5) is 24.6. The van der Waals surface area contributed by atoms with Crippen LogP contribution in [-0.2, 0) is 9.59 Å². The number of nitrogens with zero attached hydrogens (tertiary/aromatic N) is 1. The molecule has 0 amide bonds. The Balaban J connectivity index is 1.65. The lowest BCUT2D eigenvalue weighted by molar-refractivity contribution is -0.121. The Morgan fingerprint density at radius 3 is 2.50 bits per heavy atom. The zero-order valence-corrected chi connectivity index (χ0v) is 8.50. The Morgan fingerprint density at radius 2 is 1.93 bits per heavy atom. The molecule has 1 aliphatic heterocycles. The molecule has 1 heterocycles. The summed E-state index contributed by atoms with van der Waals surface area (Å²) in [6, 6.07) is 0. The smallest absolute Gasteiger partial charge is 0.137 e. The van der Waals surface area contributed by atoms with Gasteiger partial charge in [-0.15, -0.1) is 0 Å². The second-order valence-corrected chi connectivity index (χ2v) is 4.37. The van der Waals surface area contributed by atoms with Crippen molar-refractivity contribution < 1.29 is 9.59 Å². The van der Waals surface area contributed by atoms with Crippen molar-refractivity contribution >= 4 is 11.6 Å². The predicted molar refractivity (Wildman–Crippen MR) is 53.0 cm³/mol. The van der Waals surface area contributed by atoms with E-state index in [0.29, 0.717) is 36.7 Å². The van der Waals surface area contributed by atoms with Gasteiger partial charge >= 0.3 is 0 Å². The third kappa shape index (κ3) is 2.64. The summed E-state index contributed by atoms with van der Waals surface area (Å²) in [5.41, 5.74) is 0. The van der Waals surface area contributed by atoms with Gasteiger partial charge in [-0.2, -0.15) is 0 Å². The topological polar surface area (TPSA) is 37.4 Å². The van der Waals surface area contributed by atoms with Crippen LogP contribution >= 0.6 is 0 Å². The highest BCUT2D eigenvalue weighted by atomic mass is 16.1. The Hall–Kier alpha value is -0.700. The molecule has 1 saturated carbocycles. The number of carbonyl (C=O) groups is 2.